The summed E-state index contributed by atoms with van der Waals surface area (Å²) in [5.74, 6) is -1.88. The van der Waals surface area contributed by atoms with E-state index in [9.17, 15) is 18.7 Å². The molecule has 1 saturated heterocycles. The van der Waals surface area contributed by atoms with Crippen LogP contribution in [-0.2, 0) is 4.79 Å². The van der Waals surface area contributed by atoms with E-state index in [0.717, 1.165) is 12.1 Å². The maximum absolute atomic E-state index is 13.0. The Morgan fingerprint density at radius 1 is 1.42 bits per heavy atom. The predicted molar refractivity (Wildman–Crippen MR) is 65.4 cm³/mol. The summed E-state index contributed by atoms with van der Waals surface area (Å²) in [6.07, 6.45) is 0.252. The summed E-state index contributed by atoms with van der Waals surface area (Å²) >= 11 is 0. The van der Waals surface area contributed by atoms with Gasteiger partial charge in [-0.15, -0.1) is 0 Å². The molecule has 1 heterocycles. The van der Waals surface area contributed by atoms with Gasteiger partial charge in [0, 0.05) is 25.6 Å². The third-order valence-electron chi connectivity index (χ3n) is 3.19. The number of benzene rings is 1. The van der Waals surface area contributed by atoms with Gasteiger partial charge in [0.25, 0.3) is 0 Å². The van der Waals surface area contributed by atoms with Crippen LogP contribution in [0.5, 0.6) is 0 Å². The number of amides is 1. The van der Waals surface area contributed by atoms with E-state index in [2.05, 4.69) is 10.6 Å². The molecule has 3 N–H and O–H groups in total. The molecule has 2 rings (SSSR count). The standard InChI is InChI=1S/C13H16F2N2O2/c14-10-3-1-8(5-11(10)15)12(18)7-16-9-2-4-13(19)17-6-9/h1,3,5,9,12,16,18H,2,4,6-7H2,(H,17,19). The Bertz CT molecular complexity index is 458. The minimum absolute atomic E-state index is 0.0270. The van der Waals surface area contributed by atoms with E-state index in [-0.39, 0.29) is 18.5 Å². The maximum atomic E-state index is 13.0. The number of piperidine rings is 1. The topological polar surface area (TPSA) is 61.4 Å². The quantitative estimate of drug-likeness (QED) is 0.760. The Morgan fingerprint density at radius 2 is 2.21 bits per heavy atom. The molecule has 0 radical (unpaired) electrons. The van der Waals surface area contributed by atoms with Crippen molar-refractivity contribution in [3.8, 4) is 0 Å². The second-order valence-electron chi connectivity index (χ2n) is 4.64. The van der Waals surface area contributed by atoms with Gasteiger partial charge in [0.1, 0.15) is 0 Å². The average molecular weight is 270 g/mol. The van der Waals surface area contributed by atoms with Crippen molar-refractivity contribution in [3.05, 3.63) is 35.4 Å². The highest BCUT2D eigenvalue weighted by Gasteiger charge is 2.19. The lowest BCUT2D eigenvalue weighted by Crippen LogP contribution is -2.46. The first-order chi connectivity index (χ1) is 9.06. The molecule has 0 saturated carbocycles. The van der Waals surface area contributed by atoms with Crippen LogP contribution in [-0.4, -0.2) is 30.1 Å². The molecule has 0 aromatic heterocycles. The lowest BCUT2D eigenvalue weighted by molar-refractivity contribution is -0.122. The molecule has 4 nitrogen and oxygen atoms in total. The van der Waals surface area contributed by atoms with Gasteiger partial charge >= 0.3 is 0 Å². The number of carbonyl (C=O) groups excluding carboxylic acids is 1. The molecule has 0 aliphatic carbocycles. The minimum atomic E-state index is -0.971. The summed E-state index contributed by atoms with van der Waals surface area (Å²) in [6, 6.07) is 3.43. The summed E-state index contributed by atoms with van der Waals surface area (Å²) in [7, 11) is 0. The third-order valence-corrected chi connectivity index (χ3v) is 3.19. The van der Waals surface area contributed by atoms with Crippen LogP contribution in [0.25, 0.3) is 0 Å². The highest BCUT2D eigenvalue weighted by Crippen LogP contribution is 2.16. The molecule has 1 aliphatic rings. The van der Waals surface area contributed by atoms with Gasteiger partial charge in [0.2, 0.25) is 5.91 Å². The number of rotatable bonds is 4. The van der Waals surface area contributed by atoms with E-state index in [4.69, 9.17) is 0 Å². The molecule has 6 heteroatoms. The van der Waals surface area contributed by atoms with Gasteiger partial charge in [0.05, 0.1) is 6.10 Å². The van der Waals surface area contributed by atoms with Crippen LogP contribution in [0.15, 0.2) is 18.2 Å². The average Bonchev–Trinajstić information content (AvgIpc) is 2.41. The number of nitrogens with one attached hydrogen (secondary N) is 2. The Balaban J connectivity index is 1.85. The Labute approximate surface area is 109 Å². The van der Waals surface area contributed by atoms with Gasteiger partial charge in [-0.05, 0) is 24.1 Å². The van der Waals surface area contributed by atoms with Crippen molar-refractivity contribution < 1.29 is 18.7 Å². The number of aliphatic hydroxyl groups is 1. The highest BCUT2D eigenvalue weighted by molar-refractivity contribution is 5.76. The second-order valence-corrected chi connectivity index (χ2v) is 4.64. The van der Waals surface area contributed by atoms with Crippen molar-refractivity contribution in [2.24, 2.45) is 0 Å². The Hall–Kier alpha value is -1.53. The summed E-state index contributed by atoms with van der Waals surface area (Å²) in [5, 5.41) is 15.7. The van der Waals surface area contributed by atoms with Gasteiger partial charge < -0.3 is 15.7 Å². The van der Waals surface area contributed by atoms with Gasteiger partial charge in [-0.2, -0.15) is 0 Å². The monoisotopic (exact) mass is 270 g/mol. The molecule has 19 heavy (non-hydrogen) atoms. The fraction of sp³-hybridized carbons (Fsp3) is 0.462. The van der Waals surface area contributed by atoms with Crippen molar-refractivity contribution >= 4 is 5.91 Å². The Kier molecular flexibility index (Phi) is 4.44. The maximum Gasteiger partial charge on any atom is 0.220 e. The van der Waals surface area contributed by atoms with Crippen LogP contribution in [0.4, 0.5) is 8.78 Å². The zero-order chi connectivity index (χ0) is 13.8. The third kappa shape index (κ3) is 3.71. The lowest BCUT2D eigenvalue weighted by atomic mass is 10.1. The SMILES string of the molecule is O=C1CCC(NCC(O)c2ccc(F)c(F)c2)CN1. The second kappa shape index (κ2) is 6.08. The number of aliphatic hydroxyl groups excluding tert-OH is 1. The molecule has 1 aromatic rings. The molecule has 1 fully saturated rings. The van der Waals surface area contributed by atoms with E-state index >= 15 is 0 Å². The van der Waals surface area contributed by atoms with Crippen LogP contribution in [0.1, 0.15) is 24.5 Å². The summed E-state index contributed by atoms with van der Waals surface area (Å²) in [6.45, 7) is 0.745. The van der Waals surface area contributed by atoms with Gasteiger partial charge in [0.15, 0.2) is 11.6 Å². The molecular formula is C13H16F2N2O2. The van der Waals surface area contributed by atoms with Gasteiger partial charge in [-0.3, -0.25) is 4.79 Å². The van der Waals surface area contributed by atoms with Crippen molar-refractivity contribution in [1.29, 1.82) is 0 Å². The molecule has 0 spiro atoms. The van der Waals surface area contributed by atoms with Crippen molar-refractivity contribution in [3.63, 3.8) is 0 Å². The summed E-state index contributed by atoms with van der Waals surface area (Å²) in [5.41, 5.74) is 0.325. The first-order valence-electron chi connectivity index (χ1n) is 6.19. The summed E-state index contributed by atoms with van der Waals surface area (Å²) < 4.78 is 25.8. The zero-order valence-electron chi connectivity index (χ0n) is 10.3. The van der Waals surface area contributed by atoms with Crippen molar-refractivity contribution in [1.82, 2.24) is 10.6 Å². The minimum Gasteiger partial charge on any atom is -0.387 e. The number of hydrogen-bond donors (Lipinski definition) is 3. The number of hydrogen-bond acceptors (Lipinski definition) is 3. The van der Waals surface area contributed by atoms with Gasteiger partial charge in [-0.25, -0.2) is 8.78 Å². The van der Waals surface area contributed by atoms with Crippen molar-refractivity contribution in [2.75, 3.05) is 13.1 Å². The molecule has 2 unspecified atom stereocenters. The molecule has 1 aromatic carbocycles. The van der Waals surface area contributed by atoms with Crippen LogP contribution in [0.3, 0.4) is 0 Å². The fourth-order valence-corrected chi connectivity index (χ4v) is 2.02. The fourth-order valence-electron chi connectivity index (χ4n) is 2.02. The van der Waals surface area contributed by atoms with Crippen LogP contribution >= 0.6 is 0 Å². The number of halogens is 2. The zero-order valence-corrected chi connectivity index (χ0v) is 10.3. The Morgan fingerprint density at radius 3 is 2.84 bits per heavy atom. The molecule has 1 aliphatic heterocycles. The molecule has 1 amide bonds. The summed E-state index contributed by atoms with van der Waals surface area (Å²) in [4.78, 5) is 11.0. The van der Waals surface area contributed by atoms with E-state index in [0.29, 0.717) is 24.9 Å². The molecular weight excluding hydrogens is 254 g/mol. The smallest absolute Gasteiger partial charge is 0.220 e. The van der Waals surface area contributed by atoms with E-state index in [1.165, 1.54) is 6.07 Å². The predicted octanol–water partition coefficient (Wildman–Crippen LogP) is 0.866. The highest BCUT2D eigenvalue weighted by atomic mass is 19.2. The largest absolute Gasteiger partial charge is 0.387 e. The van der Waals surface area contributed by atoms with E-state index < -0.39 is 17.7 Å². The molecule has 104 valence electrons. The van der Waals surface area contributed by atoms with E-state index in [1.807, 2.05) is 0 Å². The molecule has 2 atom stereocenters. The first-order valence-corrected chi connectivity index (χ1v) is 6.19. The normalized spacial score (nSPS) is 21.0. The van der Waals surface area contributed by atoms with Crippen LogP contribution in [0.2, 0.25) is 0 Å². The van der Waals surface area contributed by atoms with E-state index in [1.54, 1.807) is 0 Å². The molecule has 0 bridgehead atoms. The van der Waals surface area contributed by atoms with Crippen molar-refractivity contribution in [2.45, 2.75) is 25.0 Å². The van der Waals surface area contributed by atoms with Gasteiger partial charge in [-0.1, -0.05) is 6.07 Å². The lowest BCUT2D eigenvalue weighted by Gasteiger charge is -2.24. The first kappa shape index (κ1) is 13.9. The number of carbonyl (C=O) groups is 1. The van der Waals surface area contributed by atoms with Crippen LogP contribution in [0, 0.1) is 11.6 Å². The van der Waals surface area contributed by atoms with Crippen LogP contribution < -0.4 is 10.6 Å².